The summed E-state index contributed by atoms with van der Waals surface area (Å²) in [4.78, 5) is 12.9. The number of amides is 1. The van der Waals surface area contributed by atoms with Gasteiger partial charge in [-0.15, -0.1) is 0 Å². The van der Waals surface area contributed by atoms with Gasteiger partial charge in [-0.1, -0.05) is 36.4 Å². The number of hydrogen-bond donors (Lipinski definition) is 1. The molecule has 0 spiro atoms. The van der Waals surface area contributed by atoms with Crippen molar-refractivity contribution in [3.05, 3.63) is 83.9 Å². The molecule has 0 fully saturated rings. The van der Waals surface area contributed by atoms with Gasteiger partial charge in [0.05, 0.1) is 23.4 Å². The standard InChI is InChI=1S/C22H22N2O4S/c1-16-13-14-17(22(25)23-19-11-7-8-12-21(19)28-3)15-20(16)24(2)29(26,27)18-9-5-4-6-10-18/h4-15H,1-3H3,(H,23,25). The van der Waals surface area contributed by atoms with E-state index in [9.17, 15) is 13.2 Å². The Balaban J connectivity index is 1.93. The molecule has 0 heterocycles. The molecule has 0 saturated carbocycles. The topological polar surface area (TPSA) is 75.7 Å². The van der Waals surface area contributed by atoms with E-state index in [1.165, 1.54) is 18.5 Å². The van der Waals surface area contributed by atoms with Crippen LogP contribution in [0.4, 0.5) is 11.4 Å². The number of nitrogens with zero attached hydrogens (tertiary/aromatic N) is 1. The third-order valence-electron chi connectivity index (χ3n) is 4.57. The Hall–Kier alpha value is -3.32. The molecule has 0 atom stereocenters. The highest BCUT2D eigenvalue weighted by Crippen LogP contribution is 2.28. The van der Waals surface area contributed by atoms with Gasteiger partial charge in [0.25, 0.3) is 15.9 Å². The highest BCUT2D eigenvalue weighted by atomic mass is 32.2. The van der Waals surface area contributed by atoms with Gasteiger partial charge in [0.2, 0.25) is 0 Å². The van der Waals surface area contributed by atoms with Crippen molar-refractivity contribution in [3.8, 4) is 5.75 Å². The first-order valence-corrected chi connectivity index (χ1v) is 10.4. The molecule has 0 aliphatic rings. The van der Waals surface area contributed by atoms with Crippen LogP contribution in [0.2, 0.25) is 0 Å². The van der Waals surface area contributed by atoms with E-state index in [0.717, 1.165) is 5.56 Å². The summed E-state index contributed by atoms with van der Waals surface area (Å²) in [6.07, 6.45) is 0. The van der Waals surface area contributed by atoms with Gasteiger partial charge < -0.3 is 10.1 Å². The molecule has 0 aromatic heterocycles. The predicted molar refractivity (Wildman–Crippen MR) is 114 cm³/mol. The van der Waals surface area contributed by atoms with Gasteiger partial charge in [-0.25, -0.2) is 8.42 Å². The van der Waals surface area contributed by atoms with Crippen LogP contribution in [0.15, 0.2) is 77.7 Å². The van der Waals surface area contributed by atoms with E-state index in [1.54, 1.807) is 73.7 Å². The van der Waals surface area contributed by atoms with Gasteiger partial charge in [-0.2, -0.15) is 0 Å². The summed E-state index contributed by atoms with van der Waals surface area (Å²) in [5, 5.41) is 2.80. The lowest BCUT2D eigenvalue weighted by Crippen LogP contribution is -2.27. The Bertz CT molecular complexity index is 1130. The molecule has 150 valence electrons. The molecule has 0 saturated heterocycles. The third kappa shape index (κ3) is 4.25. The molecule has 0 bridgehead atoms. The van der Waals surface area contributed by atoms with Crippen LogP contribution in [0.3, 0.4) is 0 Å². The molecule has 0 unspecified atom stereocenters. The number of anilines is 2. The number of carbonyl (C=O) groups is 1. The Morgan fingerprint density at radius 3 is 2.31 bits per heavy atom. The number of hydrogen-bond acceptors (Lipinski definition) is 4. The molecular formula is C22H22N2O4S. The number of methoxy groups -OCH3 is 1. The van der Waals surface area contributed by atoms with Crippen molar-refractivity contribution < 1.29 is 17.9 Å². The van der Waals surface area contributed by atoms with E-state index in [2.05, 4.69) is 5.32 Å². The molecule has 1 N–H and O–H groups in total. The Morgan fingerprint density at radius 2 is 1.62 bits per heavy atom. The molecule has 0 aliphatic carbocycles. The molecule has 6 nitrogen and oxygen atoms in total. The minimum atomic E-state index is -3.74. The van der Waals surface area contributed by atoms with Crippen molar-refractivity contribution in [2.24, 2.45) is 0 Å². The molecule has 0 aliphatic heterocycles. The monoisotopic (exact) mass is 410 g/mol. The molecular weight excluding hydrogens is 388 g/mol. The van der Waals surface area contributed by atoms with E-state index in [4.69, 9.17) is 4.74 Å². The van der Waals surface area contributed by atoms with Crippen molar-refractivity contribution >= 4 is 27.3 Å². The molecule has 3 aromatic carbocycles. The Labute approximate surface area is 170 Å². The fraction of sp³-hybridized carbons (Fsp3) is 0.136. The van der Waals surface area contributed by atoms with Crippen LogP contribution < -0.4 is 14.4 Å². The van der Waals surface area contributed by atoms with Gasteiger partial charge in [-0.05, 0) is 48.9 Å². The zero-order valence-electron chi connectivity index (χ0n) is 16.4. The van der Waals surface area contributed by atoms with Gasteiger partial charge in [0, 0.05) is 12.6 Å². The first-order valence-electron chi connectivity index (χ1n) is 8.93. The van der Waals surface area contributed by atoms with Crippen LogP contribution in [0.5, 0.6) is 5.75 Å². The van der Waals surface area contributed by atoms with E-state index >= 15 is 0 Å². The molecule has 3 aromatic rings. The van der Waals surface area contributed by atoms with Gasteiger partial charge >= 0.3 is 0 Å². The second-order valence-electron chi connectivity index (χ2n) is 6.44. The maximum absolute atomic E-state index is 12.9. The minimum Gasteiger partial charge on any atom is -0.495 e. The zero-order valence-corrected chi connectivity index (χ0v) is 17.2. The van der Waals surface area contributed by atoms with E-state index in [1.807, 2.05) is 6.07 Å². The molecule has 3 rings (SSSR count). The summed E-state index contributed by atoms with van der Waals surface area (Å²) >= 11 is 0. The number of carbonyl (C=O) groups excluding carboxylic acids is 1. The predicted octanol–water partition coefficient (Wildman–Crippen LogP) is 4.08. The van der Waals surface area contributed by atoms with Crippen molar-refractivity contribution in [1.82, 2.24) is 0 Å². The van der Waals surface area contributed by atoms with Crippen LogP contribution in [0.1, 0.15) is 15.9 Å². The van der Waals surface area contributed by atoms with E-state index < -0.39 is 10.0 Å². The lowest BCUT2D eigenvalue weighted by atomic mass is 10.1. The molecule has 29 heavy (non-hydrogen) atoms. The zero-order chi connectivity index (χ0) is 21.0. The van der Waals surface area contributed by atoms with Crippen molar-refractivity contribution in [2.45, 2.75) is 11.8 Å². The minimum absolute atomic E-state index is 0.186. The maximum Gasteiger partial charge on any atom is 0.264 e. The molecule has 1 amide bonds. The first kappa shape index (κ1) is 20.4. The van der Waals surface area contributed by atoms with Gasteiger partial charge in [-0.3, -0.25) is 9.10 Å². The largest absolute Gasteiger partial charge is 0.495 e. The number of ether oxygens (including phenoxy) is 1. The third-order valence-corrected chi connectivity index (χ3v) is 6.35. The van der Waals surface area contributed by atoms with Crippen LogP contribution >= 0.6 is 0 Å². The average Bonchev–Trinajstić information content (AvgIpc) is 2.74. The Morgan fingerprint density at radius 1 is 0.966 bits per heavy atom. The number of nitrogens with one attached hydrogen (secondary N) is 1. The number of sulfonamides is 1. The normalized spacial score (nSPS) is 11.0. The maximum atomic E-state index is 12.9. The first-order chi connectivity index (χ1) is 13.8. The van der Waals surface area contributed by atoms with Crippen molar-refractivity contribution in [3.63, 3.8) is 0 Å². The summed E-state index contributed by atoms with van der Waals surface area (Å²) in [5.41, 5.74) is 2.04. The van der Waals surface area contributed by atoms with Crippen LogP contribution in [-0.2, 0) is 10.0 Å². The Kier molecular flexibility index (Phi) is 5.89. The highest BCUT2D eigenvalue weighted by molar-refractivity contribution is 7.92. The average molecular weight is 410 g/mol. The molecule has 7 heteroatoms. The molecule has 0 radical (unpaired) electrons. The van der Waals surface area contributed by atoms with Gasteiger partial charge in [0.1, 0.15) is 5.75 Å². The number of benzene rings is 3. The fourth-order valence-corrected chi connectivity index (χ4v) is 4.19. The SMILES string of the molecule is COc1ccccc1NC(=O)c1ccc(C)c(N(C)S(=O)(=O)c2ccccc2)c1. The summed E-state index contributed by atoms with van der Waals surface area (Å²) < 4.78 is 32.3. The van der Waals surface area contributed by atoms with E-state index in [0.29, 0.717) is 22.7 Å². The van der Waals surface area contributed by atoms with E-state index in [-0.39, 0.29) is 10.8 Å². The van der Waals surface area contributed by atoms with Crippen LogP contribution in [0.25, 0.3) is 0 Å². The fourth-order valence-electron chi connectivity index (χ4n) is 2.91. The highest BCUT2D eigenvalue weighted by Gasteiger charge is 2.23. The summed E-state index contributed by atoms with van der Waals surface area (Å²) in [7, 11) is -0.740. The van der Waals surface area contributed by atoms with Crippen LogP contribution in [0, 0.1) is 6.92 Å². The second-order valence-corrected chi connectivity index (χ2v) is 8.41. The number of para-hydroxylation sites is 2. The van der Waals surface area contributed by atoms with Crippen molar-refractivity contribution in [1.29, 1.82) is 0 Å². The smallest absolute Gasteiger partial charge is 0.264 e. The number of aryl methyl sites for hydroxylation is 1. The van der Waals surface area contributed by atoms with Crippen LogP contribution in [-0.4, -0.2) is 28.5 Å². The summed E-state index contributed by atoms with van der Waals surface area (Å²) in [6.45, 7) is 1.80. The van der Waals surface area contributed by atoms with Crippen molar-refractivity contribution in [2.75, 3.05) is 23.8 Å². The summed E-state index contributed by atoms with van der Waals surface area (Å²) in [6, 6.07) is 20.2. The second kappa shape index (κ2) is 8.36. The van der Waals surface area contributed by atoms with Gasteiger partial charge in [0.15, 0.2) is 0 Å². The lowest BCUT2D eigenvalue weighted by Gasteiger charge is -2.22. The number of rotatable bonds is 6. The summed E-state index contributed by atoms with van der Waals surface area (Å²) in [5.74, 6) is 0.179. The quantitative estimate of drug-likeness (QED) is 0.664. The lowest BCUT2D eigenvalue weighted by molar-refractivity contribution is 0.102.